The van der Waals surface area contributed by atoms with E-state index in [2.05, 4.69) is 67.1 Å². The molecular formula is C21H20N2O2. The van der Waals surface area contributed by atoms with Gasteiger partial charge in [-0.1, -0.05) is 48.0 Å². The molecular weight excluding hydrogens is 312 g/mol. The Balaban J connectivity index is 1.80. The van der Waals surface area contributed by atoms with Crippen molar-refractivity contribution in [3.63, 3.8) is 0 Å². The van der Waals surface area contributed by atoms with Crippen molar-refractivity contribution < 1.29 is 9.53 Å². The SMILES string of the molecule is Cc1ccc(C2c3c(c4ccccc4n3C)CC3COC(=O)N32)cc1. The normalized spacial score (nSPS) is 22.0. The number of carbonyl (C=O) groups excluding carboxylic acids is 1. The predicted molar refractivity (Wildman–Crippen MR) is 96.6 cm³/mol. The molecule has 1 saturated heterocycles. The molecule has 0 aliphatic carbocycles. The maximum absolute atomic E-state index is 12.5. The number of benzene rings is 2. The maximum atomic E-state index is 12.5. The number of amides is 1. The van der Waals surface area contributed by atoms with Crippen molar-refractivity contribution in [2.45, 2.75) is 25.4 Å². The summed E-state index contributed by atoms with van der Waals surface area (Å²) in [6.07, 6.45) is 0.650. The molecule has 126 valence electrons. The van der Waals surface area contributed by atoms with Gasteiger partial charge < -0.3 is 9.30 Å². The highest BCUT2D eigenvalue weighted by Gasteiger charge is 2.45. The molecule has 1 fully saturated rings. The molecule has 1 aromatic heterocycles. The van der Waals surface area contributed by atoms with E-state index in [1.807, 2.05) is 4.90 Å². The van der Waals surface area contributed by atoms with Crippen LogP contribution in [-0.4, -0.2) is 28.2 Å². The molecule has 2 atom stereocenters. The highest BCUT2D eigenvalue weighted by molar-refractivity contribution is 5.87. The van der Waals surface area contributed by atoms with Gasteiger partial charge in [-0.05, 0) is 30.5 Å². The molecule has 2 aliphatic heterocycles. The summed E-state index contributed by atoms with van der Waals surface area (Å²) >= 11 is 0. The smallest absolute Gasteiger partial charge is 0.411 e. The van der Waals surface area contributed by atoms with E-state index in [-0.39, 0.29) is 18.2 Å². The predicted octanol–water partition coefficient (Wildman–Crippen LogP) is 3.95. The van der Waals surface area contributed by atoms with Gasteiger partial charge >= 0.3 is 6.09 Å². The number of cyclic esters (lactones) is 1. The van der Waals surface area contributed by atoms with E-state index in [9.17, 15) is 4.79 Å². The number of rotatable bonds is 1. The summed E-state index contributed by atoms with van der Waals surface area (Å²) in [5, 5.41) is 1.29. The Morgan fingerprint density at radius 3 is 2.64 bits per heavy atom. The van der Waals surface area contributed by atoms with Crippen molar-refractivity contribution in [3.05, 3.63) is 70.9 Å². The lowest BCUT2D eigenvalue weighted by atomic mass is 9.89. The van der Waals surface area contributed by atoms with E-state index in [0.717, 1.165) is 12.0 Å². The molecule has 0 saturated carbocycles. The van der Waals surface area contributed by atoms with Gasteiger partial charge in [0, 0.05) is 23.6 Å². The van der Waals surface area contributed by atoms with Crippen molar-refractivity contribution in [2.75, 3.05) is 6.61 Å². The fourth-order valence-corrected chi connectivity index (χ4v) is 4.43. The summed E-state index contributed by atoms with van der Waals surface area (Å²) in [5.41, 5.74) is 6.14. The van der Waals surface area contributed by atoms with Crippen molar-refractivity contribution in [2.24, 2.45) is 7.05 Å². The summed E-state index contributed by atoms with van der Waals surface area (Å²) < 4.78 is 7.65. The Morgan fingerprint density at radius 2 is 1.84 bits per heavy atom. The molecule has 4 heteroatoms. The van der Waals surface area contributed by atoms with Crippen LogP contribution in [0.25, 0.3) is 10.9 Å². The molecule has 1 amide bonds. The molecule has 2 aliphatic rings. The van der Waals surface area contributed by atoms with Crippen LogP contribution in [0, 0.1) is 6.92 Å². The highest BCUT2D eigenvalue weighted by Crippen LogP contribution is 2.44. The lowest BCUT2D eigenvalue weighted by Crippen LogP contribution is -2.43. The molecule has 5 rings (SSSR count). The van der Waals surface area contributed by atoms with Gasteiger partial charge in [0.1, 0.15) is 12.6 Å². The lowest BCUT2D eigenvalue weighted by Gasteiger charge is -2.36. The maximum Gasteiger partial charge on any atom is 0.411 e. The second-order valence-electron chi connectivity index (χ2n) is 7.10. The van der Waals surface area contributed by atoms with Gasteiger partial charge in [0.15, 0.2) is 0 Å². The standard InChI is InChI=1S/C21H20N2O2/c1-13-7-9-14(10-8-13)19-20-17(11-15-12-25-21(24)23(15)19)16-5-3-4-6-18(16)22(20)2/h3-10,15,19H,11-12H2,1-2H3. The van der Waals surface area contributed by atoms with Gasteiger partial charge in [-0.25, -0.2) is 4.79 Å². The third-order valence-corrected chi connectivity index (χ3v) is 5.63. The van der Waals surface area contributed by atoms with Crippen molar-refractivity contribution in [3.8, 4) is 0 Å². The molecule has 25 heavy (non-hydrogen) atoms. The van der Waals surface area contributed by atoms with Crippen LogP contribution in [0.15, 0.2) is 48.5 Å². The van der Waals surface area contributed by atoms with Crippen molar-refractivity contribution in [1.82, 2.24) is 9.47 Å². The fourth-order valence-electron chi connectivity index (χ4n) is 4.43. The summed E-state index contributed by atoms with van der Waals surface area (Å²) in [6.45, 7) is 2.56. The second-order valence-corrected chi connectivity index (χ2v) is 7.10. The molecule has 0 radical (unpaired) electrons. The zero-order valence-electron chi connectivity index (χ0n) is 14.4. The number of hydrogen-bond acceptors (Lipinski definition) is 2. The van der Waals surface area contributed by atoms with E-state index < -0.39 is 0 Å². The van der Waals surface area contributed by atoms with Crippen LogP contribution in [-0.2, 0) is 18.2 Å². The van der Waals surface area contributed by atoms with E-state index in [1.165, 1.54) is 27.7 Å². The van der Waals surface area contributed by atoms with Gasteiger partial charge in [0.05, 0.1) is 6.04 Å². The van der Waals surface area contributed by atoms with Crippen LogP contribution in [0.3, 0.4) is 0 Å². The van der Waals surface area contributed by atoms with Crippen LogP contribution in [0.1, 0.15) is 28.4 Å². The lowest BCUT2D eigenvalue weighted by molar-refractivity contribution is 0.146. The van der Waals surface area contributed by atoms with Gasteiger partial charge in [-0.3, -0.25) is 4.90 Å². The second kappa shape index (κ2) is 5.12. The first-order chi connectivity index (χ1) is 12.1. The largest absolute Gasteiger partial charge is 0.447 e. The zero-order chi connectivity index (χ0) is 17.1. The molecule has 4 nitrogen and oxygen atoms in total. The molecule has 3 aromatic rings. The monoisotopic (exact) mass is 332 g/mol. The number of hydrogen-bond donors (Lipinski definition) is 0. The topological polar surface area (TPSA) is 34.5 Å². The quantitative estimate of drug-likeness (QED) is 0.676. The summed E-state index contributed by atoms with van der Waals surface area (Å²) in [6, 6.07) is 17.0. The molecule has 2 unspecified atom stereocenters. The molecule has 0 spiro atoms. The zero-order valence-corrected chi connectivity index (χ0v) is 14.4. The molecule has 0 N–H and O–H groups in total. The molecule has 2 aromatic carbocycles. The van der Waals surface area contributed by atoms with Crippen LogP contribution in [0.4, 0.5) is 4.79 Å². The number of para-hydroxylation sites is 1. The Labute approximate surface area is 146 Å². The van der Waals surface area contributed by atoms with Crippen LogP contribution >= 0.6 is 0 Å². The number of fused-ring (bicyclic) bond motifs is 4. The van der Waals surface area contributed by atoms with Crippen LogP contribution < -0.4 is 0 Å². The third kappa shape index (κ3) is 1.97. The number of aryl methyl sites for hydroxylation is 2. The minimum absolute atomic E-state index is 0.0956. The van der Waals surface area contributed by atoms with Gasteiger partial charge in [-0.2, -0.15) is 0 Å². The van der Waals surface area contributed by atoms with Crippen LogP contribution in [0.2, 0.25) is 0 Å². The Kier molecular flexibility index (Phi) is 2.99. The van der Waals surface area contributed by atoms with Gasteiger partial charge in [0.2, 0.25) is 0 Å². The number of ether oxygens (including phenoxy) is 1. The number of aromatic nitrogens is 1. The number of nitrogens with zero attached hydrogens (tertiary/aromatic N) is 2. The average molecular weight is 332 g/mol. The Bertz CT molecular complexity index is 987. The van der Waals surface area contributed by atoms with Gasteiger partial charge in [0.25, 0.3) is 0 Å². The third-order valence-electron chi connectivity index (χ3n) is 5.63. The molecule has 0 bridgehead atoms. The Hall–Kier alpha value is -2.75. The summed E-state index contributed by atoms with van der Waals surface area (Å²) in [4.78, 5) is 14.4. The minimum Gasteiger partial charge on any atom is -0.447 e. The number of carbonyl (C=O) groups is 1. The summed E-state index contributed by atoms with van der Waals surface area (Å²) in [5.74, 6) is 0. The van der Waals surface area contributed by atoms with Gasteiger partial charge in [-0.15, -0.1) is 0 Å². The minimum atomic E-state index is -0.202. The first kappa shape index (κ1) is 14.6. The van der Waals surface area contributed by atoms with E-state index in [1.54, 1.807) is 0 Å². The average Bonchev–Trinajstić information content (AvgIpc) is 3.14. The van der Waals surface area contributed by atoms with E-state index >= 15 is 0 Å². The first-order valence-electron chi connectivity index (χ1n) is 8.73. The van der Waals surface area contributed by atoms with Crippen LogP contribution in [0.5, 0.6) is 0 Å². The highest BCUT2D eigenvalue weighted by atomic mass is 16.6. The van der Waals surface area contributed by atoms with Crippen molar-refractivity contribution >= 4 is 17.0 Å². The van der Waals surface area contributed by atoms with E-state index in [0.29, 0.717) is 6.61 Å². The van der Waals surface area contributed by atoms with Crippen molar-refractivity contribution in [1.29, 1.82) is 0 Å². The first-order valence-corrected chi connectivity index (χ1v) is 8.73. The summed E-state index contributed by atoms with van der Waals surface area (Å²) in [7, 11) is 2.10. The Morgan fingerprint density at radius 1 is 1.08 bits per heavy atom. The van der Waals surface area contributed by atoms with E-state index in [4.69, 9.17) is 4.74 Å². The molecule has 3 heterocycles. The fraction of sp³-hybridized carbons (Fsp3) is 0.286.